The second-order valence-corrected chi connectivity index (χ2v) is 5.07. The van der Waals surface area contributed by atoms with Crippen molar-refractivity contribution in [2.24, 2.45) is 0 Å². The number of aliphatic hydroxyl groups is 2. The van der Waals surface area contributed by atoms with Gasteiger partial charge in [-0.05, 0) is 12.5 Å². The summed E-state index contributed by atoms with van der Waals surface area (Å²) in [6.45, 7) is 2.87. The zero-order valence-electron chi connectivity index (χ0n) is 12.6. The summed E-state index contributed by atoms with van der Waals surface area (Å²) in [5, 5.41) is 19.6. The summed E-state index contributed by atoms with van der Waals surface area (Å²) in [6.07, 6.45) is -1.13. The highest BCUT2D eigenvalue weighted by molar-refractivity contribution is 5.71. The SMILES string of the molecule is CCOC(O)C1=C(O)CN(CC(=O)OCc2ccccc2)C1. The molecule has 1 aliphatic heterocycles. The van der Waals surface area contributed by atoms with E-state index in [-0.39, 0.29) is 38.0 Å². The van der Waals surface area contributed by atoms with Gasteiger partial charge in [-0.3, -0.25) is 9.69 Å². The summed E-state index contributed by atoms with van der Waals surface area (Å²) in [6, 6.07) is 9.43. The molecule has 120 valence electrons. The van der Waals surface area contributed by atoms with Gasteiger partial charge in [0.25, 0.3) is 0 Å². The smallest absolute Gasteiger partial charge is 0.320 e. The topological polar surface area (TPSA) is 79.2 Å². The number of rotatable bonds is 7. The second-order valence-electron chi connectivity index (χ2n) is 5.07. The summed E-state index contributed by atoms with van der Waals surface area (Å²) in [5.74, 6) is -0.319. The molecule has 0 saturated carbocycles. The average Bonchev–Trinajstić information content (AvgIpc) is 2.87. The summed E-state index contributed by atoms with van der Waals surface area (Å²) < 4.78 is 10.2. The number of hydrogen-bond acceptors (Lipinski definition) is 6. The lowest BCUT2D eigenvalue weighted by Crippen LogP contribution is -2.31. The first-order valence-corrected chi connectivity index (χ1v) is 7.22. The van der Waals surface area contributed by atoms with E-state index in [1.807, 2.05) is 30.3 Å². The maximum Gasteiger partial charge on any atom is 0.320 e. The van der Waals surface area contributed by atoms with Crippen molar-refractivity contribution in [2.75, 3.05) is 26.2 Å². The molecule has 0 saturated heterocycles. The van der Waals surface area contributed by atoms with Crippen LogP contribution in [-0.2, 0) is 20.9 Å². The Hall–Kier alpha value is -1.89. The van der Waals surface area contributed by atoms with Crippen molar-refractivity contribution in [1.29, 1.82) is 0 Å². The number of hydrogen-bond donors (Lipinski definition) is 2. The van der Waals surface area contributed by atoms with Gasteiger partial charge >= 0.3 is 5.97 Å². The van der Waals surface area contributed by atoms with E-state index in [2.05, 4.69) is 0 Å². The van der Waals surface area contributed by atoms with Crippen LogP contribution in [-0.4, -0.2) is 53.6 Å². The molecule has 0 radical (unpaired) electrons. The molecule has 1 unspecified atom stereocenters. The van der Waals surface area contributed by atoms with Gasteiger partial charge in [0.15, 0.2) is 6.29 Å². The Labute approximate surface area is 129 Å². The molecule has 1 atom stereocenters. The number of ether oxygens (including phenoxy) is 2. The Bertz CT molecular complexity index is 529. The maximum atomic E-state index is 11.8. The Morgan fingerprint density at radius 1 is 1.32 bits per heavy atom. The first-order chi connectivity index (χ1) is 10.6. The molecule has 0 aliphatic carbocycles. The predicted octanol–water partition coefficient (Wildman–Crippen LogP) is 1.21. The van der Waals surface area contributed by atoms with Gasteiger partial charge in [0.05, 0.1) is 13.1 Å². The Morgan fingerprint density at radius 2 is 2.05 bits per heavy atom. The van der Waals surface area contributed by atoms with E-state index in [1.54, 1.807) is 11.8 Å². The van der Waals surface area contributed by atoms with E-state index in [1.165, 1.54) is 0 Å². The van der Waals surface area contributed by atoms with Crippen molar-refractivity contribution in [3.63, 3.8) is 0 Å². The van der Waals surface area contributed by atoms with Crippen LogP contribution < -0.4 is 0 Å². The Morgan fingerprint density at radius 3 is 2.73 bits per heavy atom. The quantitative estimate of drug-likeness (QED) is 0.582. The third-order valence-electron chi connectivity index (χ3n) is 3.36. The van der Waals surface area contributed by atoms with E-state index >= 15 is 0 Å². The molecule has 1 heterocycles. The molecule has 6 heteroatoms. The van der Waals surface area contributed by atoms with Crippen molar-refractivity contribution in [1.82, 2.24) is 4.90 Å². The van der Waals surface area contributed by atoms with Crippen LogP contribution in [0.15, 0.2) is 41.7 Å². The lowest BCUT2D eigenvalue weighted by molar-refractivity contribution is -0.146. The van der Waals surface area contributed by atoms with Crippen molar-refractivity contribution < 1.29 is 24.5 Å². The van der Waals surface area contributed by atoms with Crippen LogP contribution in [0.25, 0.3) is 0 Å². The number of carbonyl (C=O) groups excluding carboxylic acids is 1. The molecule has 0 aromatic heterocycles. The number of carbonyl (C=O) groups is 1. The van der Waals surface area contributed by atoms with Gasteiger partial charge in [-0.25, -0.2) is 0 Å². The minimum absolute atomic E-state index is 0.0526. The average molecular weight is 307 g/mol. The zero-order chi connectivity index (χ0) is 15.9. The molecule has 0 amide bonds. The normalized spacial score (nSPS) is 16.8. The Balaban J connectivity index is 1.77. The molecule has 0 fully saturated rings. The van der Waals surface area contributed by atoms with Crippen molar-refractivity contribution in [3.05, 3.63) is 47.2 Å². The third-order valence-corrected chi connectivity index (χ3v) is 3.36. The van der Waals surface area contributed by atoms with Crippen LogP contribution in [0.5, 0.6) is 0 Å². The van der Waals surface area contributed by atoms with Crippen molar-refractivity contribution >= 4 is 5.97 Å². The second kappa shape index (κ2) is 7.93. The predicted molar refractivity (Wildman–Crippen MR) is 80.0 cm³/mol. The number of benzene rings is 1. The van der Waals surface area contributed by atoms with Crippen molar-refractivity contribution in [3.8, 4) is 0 Å². The first kappa shape index (κ1) is 16.5. The zero-order valence-corrected chi connectivity index (χ0v) is 12.6. The lowest BCUT2D eigenvalue weighted by atomic mass is 10.2. The number of esters is 1. The largest absolute Gasteiger partial charge is 0.511 e. The van der Waals surface area contributed by atoms with E-state index in [4.69, 9.17) is 9.47 Å². The highest BCUT2D eigenvalue weighted by atomic mass is 16.6. The molecule has 2 rings (SSSR count). The first-order valence-electron chi connectivity index (χ1n) is 7.22. The summed E-state index contributed by atoms with van der Waals surface area (Å²) in [5.41, 5.74) is 1.32. The monoisotopic (exact) mass is 307 g/mol. The van der Waals surface area contributed by atoms with E-state index in [9.17, 15) is 15.0 Å². The van der Waals surface area contributed by atoms with Crippen LogP contribution in [0.4, 0.5) is 0 Å². The minimum atomic E-state index is -1.13. The summed E-state index contributed by atoms with van der Waals surface area (Å²) in [4.78, 5) is 13.5. The van der Waals surface area contributed by atoms with Gasteiger partial charge in [0.2, 0.25) is 0 Å². The fourth-order valence-corrected chi connectivity index (χ4v) is 2.26. The number of aliphatic hydroxyl groups excluding tert-OH is 2. The van der Waals surface area contributed by atoms with Gasteiger partial charge in [0.1, 0.15) is 12.4 Å². The third kappa shape index (κ3) is 4.56. The molecule has 1 aromatic carbocycles. The highest BCUT2D eigenvalue weighted by Crippen LogP contribution is 2.19. The minimum Gasteiger partial charge on any atom is -0.511 e. The van der Waals surface area contributed by atoms with Crippen LogP contribution in [0.3, 0.4) is 0 Å². The maximum absolute atomic E-state index is 11.8. The fraction of sp³-hybridized carbons (Fsp3) is 0.438. The molecule has 1 aromatic rings. The van der Waals surface area contributed by atoms with E-state index in [0.29, 0.717) is 12.2 Å². The van der Waals surface area contributed by atoms with Gasteiger partial charge in [-0.1, -0.05) is 30.3 Å². The molecular weight excluding hydrogens is 286 g/mol. The molecule has 0 bridgehead atoms. The van der Waals surface area contributed by atoms with Crippen LogP contribution in [0.2, 0.25) is 0 Å². The fourth-order valence-electron chi connectivity index (χ4n) is 2.26. The van der Waals surface area contributed by atoms with E-state index < -0.39 is 6.29 Å². The lowest BCUT2D eigenvalue weighted by Gasteiger charge is -2.16. The Kier molecular flexibility index (Phi) is 5.94. The summed E-state index contributed by atoms with van der Waals surface area (Å²) >= 11 is 0. The number of nitrogens with zero attached hydrogens (tertiary/aromatic N) is 1. The molecule has 0 spiro atoms. The van der Waals surface area contributed by atoms with Gasteiger partial charge in [0, 0.05) is 18.7 Å². The van der Waals surface area contributed by atoms with Crippen LogP contribution in [0, 0.1) is 0 Å². The highest BCUT2D eigenvalue weighted by Gasteiger charge is 2.28. The molecular formula is C16H21NO5. The van der Waals surface area contributed by atoms with Gasteiger partial charge in [-0.15, -0.1) is 0 Å². The van der Waals surface area contributed by atoms with Crippen molar-refractivity contribution in [2.45, 2.75) is 19.8 Å². The molecule has 22 heavy (non-hydrogen) atoms. The van der Waals surface area contributed by atoms with Gasteiger partial charge in [-0.2, -0.15) is 0 Å². The van der Waals surface area contributed by atoms with Crippen LogP contribution in [0.1, 0.15) is 12.5 Å². The standard InChI is InChI=1S/C16H21NO5/c1-2-21-16(20)13-8-17(9-14(13)18)10-15(19)22-11-12-6-4-3-5-7-12/h3-7,16,18,20H,2,8-11H2,1H3. The molecule has 6 nitrogen and oxygen atoms in total. The summed E-state index contributed by atoms with van der Waals surface area (Å²) in [7, 11) is 0. The van der Waals surface area contributed by atoms with Gasteiger partial charge < -0.3 is 19.7 Å². The van der Waals surface area contributed by atoms with E-state index in [0.717, 1.165) is 5.56 Å². The van der Waals surface area contributed by atoms with Crippen LogP contribution >= 0.6 is 0 Å². The molecule has 1 aliphatic rings. The molecule has 2 N–H and O–H groups in total.